The fourth-order valence-corrected chi connectivity index (χ4v) is 3.56. The summed E-state index contributed by atoms with van der Waals surface area (Å²) in [6.07, 6.45) is 1.03. The molecule has 0 radical (unpaired) electrons. The molecule has 0 N–H and O–H groups in total. The van der Waals surface area contributed by atoms with E-state index < -0.39 is 5.97 Å². The molecule has 0 bridgehead atoms. The molecule has 3 rings (SSSR count). The lowest BCUT2D eigenvalue weighted by Crippen LogP contribution is -2.25. The molecule has 0 unspecified atom stereocenters. The fraction of sp³-hybridized carbons (Fsp3) is 0.286. The van der Waals surface area contributed by atoms with Crippen LogP contribution in [0.1, 0.15) is 16.8 Å². The van der Waals surface area contributed by atoms with E-state index in [0.29, 0.717) is 5.39 Å². The van der Waals surface area contributed by atoms with Crippen molar-refractivity contribution in [2.75, 3.05) is 12.9 Å². The number of carbonyl (C=O) groups excluding carboxylic acids is 1. The van der Waals surface area contributed by atoms with Crippen molar-refractivity contribution >= 4 is 28.6 Å². The lowest BCUT2D eigenvalue weighted by atomic mass is 10.1. The Balaban J connectivity index is 2.45. The van der Waals surface area contributed by atoms with Gasteiger partial charge in [0.2, 0.25) is 5.43 Å². The van der Waals surface area contributed by atoms with Crippen LogP contribution in [0.2, 0.25) is 0 Å². The number of benzene rings is 1. The van der Waals surface area contributed by atoms with Crippen molar-refractivity contribution in [1.29, 1.82) is 0 Å². The number of pyridine rings is 1. The van der Waals surface area contributed by atoms with Gasteiger partial charge in [-0.15, -0.1) is 11.8 Å². The van der Waals surface area contributed by atoms with Gasteiger partial charge < -0.3 is 9.30 Å². The van der Waals surface area contributed by atoms with Gasteiger partial charge in [0, 0.05) is 17.7 Å². The van der Waals surface area contributed by atoms with E-state index in [1.807, 2.05) is 18.2 Å². The summed E-state index contributed by atoms with van der Waals surface area (Å²) in [6.45, 7) is 0.827. The molecule has 4 nitrogen and oxygen atoms in total. The van der Waals surface area contributed by atoms with Gasteiger partial charge in [-0.2, -0.15) is 0 Å². The highest BCUT2D eigenvalue weighted by Crippen LogP contribution is 2.30. The van der Waals surface area contributed by atoms with Crippen LogP contribution in [0.25, 0.3) is 10.9 Å². The first-order chi connectivity index (χ1) is 9.24. The Morgan fingerprint density at radius 3 is 2.95 bits per heavy atom. The van der Waals surface area contributed by atoms with Crippen LogP contribution >= 0.6 is 11.8 Å². The minimum atomic E-state index is -0.547. The maximum absolute atomic E-state index is 12.5. The van der Waals surface area contributed by atoms with E-state index in [1.165, 1.54) is 7.11 Å². The highest BCUT2D eigenvalue weighted by Gasteiger charge is 2.24. The van der Waals surface area contributed by atoms with Crippen LogP contribution in [0.4, 0.5) is 0 Å². The number of carbonyl (C=O) groups is 1. The highest BCUT2D eigenvalue weighted by atomic mass is 32.2. The van der Waals surface area contributed by atoms with Crippen LogP contribution in [-0.4, -0.2) is 23.4 Å². The molecule has 0 atom stereocenters. The van der Waals surface area contributed by atoms with Gasteiger partial charge in [0.25, 0.3) is 0 Å². The number of hydrogen-bond acceptors (Lipinski definition) is 4. The Morgan fingerprint density at radius 1 is 1.37 bits per heavy atom. The van der Waals surface area contributed by atoms with Gasteiger partial charge in [-0.3, -0.25) is 4.79 Å². The van der Waals surface area contributed by atoms with Crippen molar-refractivity contribution < 1.29 is 9.53 Å². The number of para-hydroxylation sites is 1. The molecule has 1 aromatic heterocycles. The van der Waals surface area contributed by atoms with Crippen LogP contribution in [-0.2, 0) is 11.3 Å². The molecule has 2 aromatic rings. The fourth-order valence-electron chi connectivity index (χ4n) is 2.42. The highest BCUT2D eigenvalue weighted by molar-refractivity contribution is 7.99. The SMILES string of the molecule is COC(=O)c1c2n(c3ccccc3c1=O)CCCS2. The Kier molecular flexibility index (Phi) is 3.06. The molecule has 0 spiro atoms. The molecule has 19 heavy (non-hydrogen) atoms. The topological polar surface area (TPSA) is 48.3 Å². The number of aryl methyl sites for hydroxylation is 1. The largest absolute Gasteiger partial charge is 0.465 e. The Morgan fingerprint density at radius 2 is 2.16 bits per heavy atom. The maximum Gasteiger partial charge on any atom is 0.344 e. The zero-order valence-corrected chi connectivity index (χ0v) is 11.3. The van der Waals surface area contributed by atoms with Gasteiger partial charge in [-0.25, -0.2) is 4.79 Å². The molecule has 0 amide bonds. The minimum absolute atomic E-state index is 0.172. The van der Waals surface area contributed by atoms with Crippen LogP contribution in [0.3, 0.4) is 0 Å². The first kappa shape index (κ1) is 12.3. The predicted octanol–water partition coefficient (Wildman–Crippen LogP) is 2.28. The third kappa shape index (κ3) is 1.85. The van der Waals surface area contributed by atoms with E-state index in [4.69, 9.17) is 4.74 Å². The number of methoxy groups -OCH3 is 1. The van der Waals surface area contributed by atoms with Gasteiger partial charge in [-0.1, -0.05) is 12.1 Å². The summed E-state index contributed by atoms with van der Waals surface area (Å²) < 4.78 is 6.82. The van der Waals surface area contributed by atoms with Crippen molar-refractivity contribution in [2.45, 2.75) is 18.0 Å². The first-order valence-corrected chi connectivity index (χ1v) is 7.09. The standard InChI is InChI=1S/C14H13NO3S/c1-18-14(17)11-12(16)9-5-2-3-6-10(9)15-7-4-8-19-13(11)15/h2-3,5-6H,4,7-8H2,1H3. The van der Waals surface area contributed by atoms with E-state index in [-0.39, 0.29) is 11.0 Å². The van der Waals surface area contributed by atoms with Crippen LogP contribution in [0, 0.1) is 0 Å². The third-order valence-electron chi connectivity index (χ3n) is 3.28. The van der Waals surface area contributed by atoms with E-state index in [9.17, 15) is 9.59 Å². The third-order valence-corrected chi connectivity index (χ3v) is 4.47. The van der Waals surface area contributed by atoms with Gasteiger partial charge >= 0.3 is 5.97 Å². The number of nitrogens with zero attached hydrogens (tertiary/aromatic N) is 1. The molecule has 1 aliphatic rings. The van der Waals surface area contributed by atoms with E-state index in [2.05, 4.69) is 4.57 Å². The minimum Gasteiger partial charge on any atom is -0.465 e. The van der Waals surface area contributed by atoms with E-state index in [0.717, 1.165) is 29.3 Å². The van der Waals surface area contributed by atoms with E-state index >= 15 is 0 Å². The zero-order valence-electron chi connectivity index (χ0n) is 10.5. The second kappa shape index (κ2) is 4.74. The molecule has 5 heteroatoms. The molecule has 1 aromatic carbocycles. The average molecular weight is 275 g/mol. The molecule has 1 aliphatic heterocycles. The normalized spacial score (nSPS) is 14.2. The van der Waals surface area contributed by atoms with Gasteiger partial charge in [0.15, 0.2) is 0 Å². The number of fused-ring (bicyclic) bond motifs is 3. The molecule has 0 saturated heterocycles. The Hall–Kier alpha value is -1.75. The molecular formula is C14H13NO3S. The van der Waals surface area contributed by atoms with Crippen molar-refractivity contribution in [3.8, 4) is 0 Å². The summed E-state index contributed by atoms with van der Waals surface area (Å²) in [5.74, 6) is 0.371. The lowest BCUT2D eigenvalue weighted by Gasteiger charge is -2.22. The maximum atomic E-state index is 12.5. The van der Waals surface area contributed by atoms with Crippen LogP contribution in [0.15, 0.2) is 34.1 Å². The molecule has 98 valence electrons. The Bertz CT molecular complexity index is 720. The number of ether oxygens (including phenoxy) is 1. The first-order valence-electron chi connectivity index (χ1n) is 6.10. The van der Waals surface area contributed by atoms with Gasteiger partial charge in [0.1, 0.15) is 5.56 Å². The zero-order chi connectivity index (χ0) is 13.4. The van der Waals surface area contributed by atoms with Crippen molar-refractivity contribution in [2.24, 2.45) is 0 Å². The van der Waals surface area contributed by atoms with Crippen molar-refractivity contribution in [1.82, 2.24) is 4.57 Å². The molecule has 0 fully saturated rings. The summed E-state index contributed by atoms with van der Waals surface area (Å²) in [5, 5.41) is 1.32. The van der Waals surface area contributed by atoms with Gasteiger partial charge in [-0.05, 0) is 18.6 Å². The Labute approximate surface area is 114 Å². The number of hydrogen-bond donors (Lipinski definition) is 0. The second-order valence-corrected chi connectivity index (χ2v) is 5.46. The average Bonchev–Trinajstić information content (AvgIpc) is 2.47. The van der Waals surface area contributed by atoms with Gasteiger partial charge in [0.05, 0.1) is 17.7 Å². The number of rotatable bonds is 1. The predicted molar refractivity (Wildman–Crippen MR) is 74.9 cm³/mol. The van der Waals surface area contributed by atoms with Crippen LogP contribution < -0.4 is 5.43 Å². The number of thioether (sulfide) groups is 1. The molecule has 0 aliphatic carbocycles. The lowest BCUT2D eigenvalue weighted by molar-refractivity contribution is 0.0593. The van der Waals surface area contributed by atoms with Crippen molar-refractivity contribution in [3.63, 3.8) is 0 Å². The van der Waals surface area contributed by atoms with Crippen molar-refractivity contribution in [3.05, 3.63) is 40.1 Å². The molecule has 2 heterocycles. The monoisotopic (exact) mass is 275 g/mol. The number of aromatic nitrogens is 1. The van der Waals surface area contributed by atoms with E-state index in [1.54, 1.807) is 17.8 Å². The smallest absolute Gasteiger partial charge is 0.344 e. The summed E-state index contributed by atoms with van der Waals surface area (Å²) in [5.41, 5.74) is 0.830. The second-order valence-electron chi connectivity index (χ2n) is 4.37. The summed E-state index contributed by atoms with van der Waals surface area (Å²) in [6, 6.07) is 7.41. The molecule has 0 saturated carbocycles. The molecular weight excluding hydrogens is 262 g/mol. The number of esters is 1. The van der Waals surface area contributed by atoms with Crippen LogP contribution in [0.5, 0.6) is 0 Å². The summed E-state index contributed by atoms with van der Waals surface area (Å²) >= 11 is 1.55. The quantitative estimate of drug-likeness (QED) is 0.749. The summed E-state index contributed by atoms with van der Waals surface area (Å²) in [7, 11) is 1.31. The summed E-state index contributed by atoms with van der Waals surface area (Å²) in [4.78, 5) is 24.4.